The zero-order valence-electron chi connectivity index (χ0n) is 10.1. The Labute approximate surface area is 137 Å². The minimum atomic E-state index is -0.976. The Kier molecular flexibility index (Phi) is 7.61. The van der Waals surface area contributed by atoms with E-state index in [0.717, 1.165) is 0 Å². The number of phenols is 1. The normalized spacial score (nSPS) is 8.81. The maximum Gasteiger partial charge on any atom is 1.00 e. The summed E-state index contributed by atoms with van der Waals surface area (Å²) in [5, 5.41) is 9.06. The number of benzene rings is 1. The van der Waals surface area contributed by atoms with Crippen molar-refractivity contribution in [3.63, 3.8) is 0 Å². The summed E-state index contributed by atoms with van der Waals surface area (Å²) in [6.45, 7) is 0.972. The third-order valence-electron chi connectivity index (χ3n) is 1.41. The van der Waals surface area contributed by atoms with Crippen LogP contribution in [0.5, 0.6) is 11.5 Å². The summed E-state index contributed by atoms with van der Waals surface area (Å²) in [7, 11) is 0. The molecule has 0 fully saturated rings. The van der Waals surface area contributed by atoms with E-state index in [1.54, 1.807) is 0 Å². The molecule has 0 spiro atoms. The summed E-state index contributed by atoms with van der Waals surface area (Å²) in [4.78, 5) is 21.4. The molecule has 0 atom stereocenters. The molecule has 0 unspecified atom stereocenters. The van der Waals surface area contributed by atoms with Gasteiger partial charge >= 0.3 is 57.5 Å². The van der Waals surface area contributed by atoms with Crippen LogP contribution in [0.1, 0.15) is 8.35 Å². The molecular formula is C10H11KO5. The number of hydrogen-bond donors (Lipinski definition) is 1. The molecule has 0 aliphatic heterocycles. The van der Waals surface area contributed by atoms with E-state index in [1.807, 2.05) is 0 Å². The van der Waals surface area contributed by atoms with E-state index in [2.05, 4.69) is 9.47 Å². The zero-order chi connectivity index (χ0) is 11.3. The number of carbonyl (C=O) groups is 2. The number of rotatable bonds is 3. The Hall–Kier alpha value is -0.404. The van der Waals surface area contributed by atoms with Crippen molar-refractivity contribution in [2.75, 3.05) is 6.61 Å². The second-order valence-corrected chi connectivity index (χ2v) is 2.84. The van der Waals surface area contributed by atoms with Gasteiger partial charge in [0.1, 0.15) is 11.5 Å². The Balaban J connectivity index is 0. The molecule has 1 aromatic rings. The minimum absolute atomic E-state index is 0. The van der Waals surface area contributed by atoms with E-state index in [-0.39, 0.29) is 76.7 Å². The standard InChI is InChI=1S/C10H10O5.K.H/c1-7(11)6-14-10(13)15-9-4-2-3-8(12)5-9;;/h2-5,12H,6H2,1H3;;/q;+1;-1. The Morgan fingerprint density at radius 1 is 1.44 bits per heavy atom. The van der Waals surface area contributed by atoms with Crippen molar-refractivity contribution in [1.29, 1.82) is 0 Å². The fourth-order valence-corrected chi connectivity index (χ4v) is 0.833. The van der Waals surface area contributed by atoms with E-state index in [4.69, 9.17) is 5.11 Å². The number of Topliss-reactive ketones (excluding diaryl/α,β-unsaturated/α-hetero) is 1. The summed E-state index contributed by atoms with van der Waals surface area (Å²) < 4.78 is 9.13. The largest absolute Gasteiger partial charge is 1.00 e. The fraction of sp³-hybridized carbons (Fsp3) is 0.200. The summed E-state index contributed by atoms with van der Waals surface area (Å²) in [5.41, 5.74) is 0. The molecule has 0 saturated carbocycles. The van der Waals surface area contributed by atoms with Gasteiger partial charge < -0.3 is 16.0 Å². The Morgan fingerprint density at radius 3 is 2.69 bits per heavy atom. The molecule has 0 radical (unpaired) electrons. The van der Waals surface area contributed by atoms with E-state index >= 15 is 0 Å². The topological polar surface area (TPSA) is 72.8 Å². The molecule has 5 nitrogen and oxygen atoms in total. The van der Waals surface area contributed by atoms with Gasteiger partial charge in [-0.1, -0.05) is 6.07 Å². The maximum absolute atomic E-state index is 10.9. The third kappa shape index (κ3) is 6.24. The van der Waals surface area contributed by atoms with Gasteiger partial charge in [0.15, 0.2) is 12.4 Å². The van der Waals surface area contributed by atoms with E-state index in [9.17, 15) is 9.59 Å². The fourth-order valence-electron chi connectivity index (χ4n) is 0.833. The van der Waals surface area contributed by atoms with Gasteiger partial charge in [0.25, 0.3) is 0 Å². The van der Waals surface area contributed by atoms with Crippen molar-refractivity contribution in [2.45, 2.75) is 6.92 Å². The molecule has 1 N–H and O–H groups in total. The summed E-state index contributed by atoms with van der Waals surface area (Å²) >= 11 is 0. The number of hydrogen-bond acceptors (Lipinski definition) is 5. The second-order valence-electron chi connectivity index (χ2n) is 2.84. The van der Waals surface area contributed by atoms with Crippen LogP contribution in [0.3, 0.4) is 0 Å². The Morgan fingerprint density at radius 2 is 2.12 bits per heavy atom. The maximum atomic E-state index is 10.9. The molecule has 1 rings (SSSR count). The molecule has 16 heavy (non-hydrogen) atoms. The van der Waals surface area contributed by atoms with Crippen LogP contribution in [0.15, 0.2) is 24.3 Å². The molecule has 82 valence electrons. The minimum Gasteiger partial charge on any atom is -1.00 e. The van der Waals surface area contributed by atoms with Gasteiger partial charge in [0, 0.05) is 6.07 Å². The van der Waals surface area contributed by atoms with Crippen LogP contribution in [-0.2, 0) is 9.53 Å². The smallest absolute Gasteiger partial charge is 1.00 e. The van der Waals surface area contributed by atoms with Crippen LogP contribution >= 0.6 is 0 Å². The molecule has 0 bridgehead atoms. The van der Waals surface area contributed by atoms with Crippen LogP contribution in [0, 0.1) is 0 Å². The number of carbonyl (C=O) groups excluding carboxylic acids is 2. The van der Waals surface area contributed by atoms with Gasteiger partial charge in [0.2, 0.25) is 0 Å². The van der Waals surface area contributed by atoms with Crippen LogP contribution in [0.2, 0.25) is 0 Å². The van der Waals surface area contributed by atoms with Crippen molar-refractivity contribution in [1.82, 2.24) is 0 Å². The van der Waals surface area contributed by atoms with E-state index < -0.39 is 6.16 Å². The van der Waals surface area contributed by atoms with Gasteiger partial charge in [-0.15, -0.1) is 0 Å². The zero-order valence-corrected chi connectivity index (χ0v) is 12.2. The molecule has 0 saturated heterocycles. The first kappa shape index (κ1) is 15.6. The van der Waals surface area contributed by atoms with Crippen molar-refractivity contribution < 1.29 is 77.0 Å². The molecule has 1 aromatic carbocycles. The van der Waals surface area contributed by atoms with Crippen LogP contribution in [-0.4, -0.2) is 23.7 Å². The van der Waals surface area contributed by atoms with Gasteiger partial charge in [-0.3, -0.25) is 4.79 Å². The average molecular weight is 250 g/mol. The average Bonchev–Trinajstić information content (AvgIpc) is 2.15. The predicted octanol–water partition coefficient (Wildman–Crippen LogP) is -1.39. The molecule has 0 amide bonds. The molecule has 0 heterocycles. The van der Waals surface area contributed by atoms with Gasteiger partial charge in [-0.2, -0.15) is 0 Å². The van der Waals surface area contributed by atoms with Crippen molar-refractivity contribution >= 4 is 11.9 Å². The van der Waals surface area contributed by atoms with Crippen LogP contribution in [0.4, 0.5) is 4.79 Å². The summed E-state index contributed by atoms with van der Waals surface area (Å²) in [6.07, 6.45) is -0.976. The van der Waals surface area contributed by atoms with Crippen molar-refractivity contribution in [3.8, 4) is 11.5 Å². The van der Waals surface area contributed by atoms with E-state index in [0.29, 0.717) is 0 Å². The number of ether oxygens (including phenoxy) is 2. The molecule has 0 aliphatic carbocycles. The van der Waals surface area contributed by atoms with Crippen molar-refractivity contribution in [3.05, 3.63) is 24.3 Å². The number of aromatic hydroxyl groups is 1. The number of ketones is 1. The first-order valence-electron chi connectivity index (χ1n) is 4.21. The first-order chi connectivity index (χ1) is 7.08. The van der Waals surface area contributed by atoms with Crippen LogP contribution < -0.4 is 56.1 Å². The molecule has 0 aromatic heterocycles. The summed E-state index contributed by atoms with van der Waals surface area (Å²) in [6, 6.07) is 5.69. The SMILES string of the molecule is CC(=O)COC(=O)Oc1cccc(O)c1.[H-].[K+]. The second kappa shape index (κ2) is 7.80. The predicted molar refractivity (Wildman–Crippen MR) is 51.9 cm³/mol. The number of phenolic OH excluding ortho intramolecular Hbond substituents is 1. The van der Waals surface area contributed by atoms with Crippen molar-refractivity contribution in [2.24, 2.45) is 0 Å². The summed E-state index contributed by atoms with van der Waals surface area (Å²) in [5.74, 6) is -0.140. The van der Waals surface area contributed by atoms with Gasteiger partial charge in [-0.05, 0) is 19.1 Å². The monoisotopic (exact) mass is 250 g/mol. The Bertz CT molecular complexity index is 383. The molecular weight excluding hydrogens is 239 g/mol. The molecule has 6 heteroatoms. The third-order valence-corrected chi connectivity index (χ3v) is 1.41. The van der Waals surface area contributed by atoms with E-state index in [1.165, 1.54) is 31.2 Å². The quantitative estimate of drug-likeness (QED) is 0.406. The first-order valence-corrected chi connectivity index (χ1v) is 4.21. The van der Waals surface area contributed by atoms with Gasteiger partial charge in [0.05, 0.1) is 0 Å². The van der Waals surface area contributed by atoms with Crippen LogP contribution in [0.25, 0.3) is 0 Å². The van der Waals surface area contributed by atoms with Gasteiger partial charge in [-0.25, -0.2) is 4.79 Å². The molecule has 0 aliphatic rings.